The lowest BCUT2D eigenvalue weighted by molar-refractivity contribution is -0.145. The number of nitrogens with one attached hydrogen (secondary N) is 1. The number of ether oxygens (including phenoxy) is 1. The molecule has 0 spiro atoms. The SMILES string of the molecule is CC(C)(C)CC(=O)C(CNC(=O)OC(C)(C)C)N1C(=O)C=CC1=O. The molecule has 0 aliphatic carbocycles. The summed E-state index contributed by atoms with van der Waals surface area (Å²) >= 11 is 0. The number of imide groups is 1. The van der Waals surface area contributed by atoms with Gasteiger partial charge in [0, 0.05) is 25.1 Å². The molecule has 1 atom stereocenters. The van der Waals surface area contributed by atoms with Crippen molar-refractivity contribution < 1.29 is 23.9 Å². The van der Waals surface area contributed by atoms with Crippen LogP contribution in [0.4, 0.5) is 4.79 Å². The number of nitrogens with zero attached hydrogens (tertiary/aromatic N) is 1. The van der Waals surface area contributed by atoms with Crippen molar-refractivity contribution in [2.75, 3.05) is 6.54 Å². The maximum atomic E-state index is 12.6. The van der Waals surface area contributed by atoms with Gasteiger partial charge in [-0.15, -0.1) is 0 Å². The molecule has 7 nitrogen and oxygen atoms in total. The second-order valence-corrected chi connectivity index (χ2v) is 7.98. The first-order valence-corrected chi connectivity index (χ1v) is 7.85. The maximum absolute atomic E-state index is 12.6. The normalized spacial score (nSPS) is 16.3. The predicted molar refractivity (Wildman–Crippen MR) is 88.1 cm³/mol. The van der Waals surface area contributed by atoms with Crippen LogP contribution in [0.5, 0.6) is 0 Å². The highest BCUT2D eigenvalue weighted by Crippen LogP contribution is 2.22. The number of rotatable bonds is 5. The quantitative estimate of drug-likeness (QED) is 0.772. The van der Waals surface area contributed by atoms with Crippen LogP contribution in [0.1, 0.15) is 48.0 Å². The average molecular weight is 338 g/mol. The largest absolute Gasteiger partial charge is 0.444 e. The number of carbonyl (C=O) groups is 4. The van der Waals surface area contributed by atoms with Crippen LogP contribution >= 0.6 is 0 Å². The summed E-state index contributed by atoms with van der Waals surface area (Å²) in [5.41, 5.74) is -0.990. The maximum Gasteiger partial charge on any atom is 0.407 e. The molecule has 0 aromatic heterocycles. The predicted octanol–water partition coefficient (Wildman–Crippen LogP) is 1.81. The summed E-state index contributed by atoms with van der Waals surface area (Å²) in [5, 5.41) is 2.47. The highest BCUT2D eigenvalue weighted by Gasteiger charge is 2.37. The van der Waals surface area contributed by atoms with Gasteiger partial charge in [-0.05, 0) is 26.2 Å². The second kappa shape index (κ2) is 7.15. The second-order valence-electron chi connectivity index (χ2n) is 7.98. The van der Waals surface area contributed by atoms with Gasteiger partial charge < -0.3 is 10.1 Å². The smallest absolute Gasteiger partial charge is 0.407 e. The first-order chi connectivity index (χ1) is 10.8. The number of Topliss-reactive ketones (excluding diaryl/α,β-unsaturated/α-hetero) is 1. The van der Waals surface area contributed by atoms with E-state index in [0.717, 1.165) is 17.1 Å². The van der Waals surface area contributed by atoms with Crippen molar-refractivity contribution in [2.45, 2.75) is 59.6 Å². The van der Waals surface area contributed by atoms with Crippen molar-refractivity contribution in [3.05, 3.63) is 12.2 Å². The Morgan fingerprint density at radius 2 is 1.58 bits per heavy atom. The Kier molecular flexibility index (Phi) is 5.92. The Morgan fingerprint density at radius 1 is 1.08 bits per heavy atom. The number of amides is 3. The molecular weight excluding hydrogens is 312 g/mol. The molecular formula is C17H26N2O5. The van der Waals surface area contributed by atoms with Crippen LogP contribution in [0.3, 0.4) is 0 Å². The molecule has 0 bridgehead atoms. The Bertz CT molecular complexity index is 549. The molecule has 1 N–H and O–H groups in total. The zero-order chi connectivity index (χ0) is 18.7. The molecule has 1 aliphatic rings. The molecule has 0 radical (unpaired) electrons. The Balaban J connectivity index is 2.86. The number of ketones is 1. The van der Waals surface area contributed by atoms with Crippen molar-refractivity contribution in [1.82, 2.24) is 10.2 Å². The molecule has 0 saturated carbocycles. The van der Waals surface area contributed by atoms with E-state index in [2.05, 4.69) is 5.32 Å². The van der Waals surface area contributed by atoms with Gasteiger partial charge in [-0.3, -0.25) is 19.3 Å². The van der Waals surface area contributed by atoms with Crippen molar-refractivity contribution >= 4 is 23.7 Å². The summed E-state index contributed by atoms with van der Waals surface area (Å²) in [7, 11) is 0. The van der Waals surface area contributed by atoms with Crippen LogP contribution in [-0.4, -0.2) is 46.8 Å². The number of hydrogen-bond acceptors (Lipinski definition) is 5. The molecule has 7 heteroatoms. The number of alkyl carbamates (subject to hydrolysis) is 1. The summed E-state index contributed by atoms with van der Waals surface area (Å²) in [6.07, 6.45) is 1.70. The minimum Gasteiger partial charge on any atom is -0.444 e. The van der Waals surface area contributed by atoms with E-state index in [-0.39, 0.29) is 24.2 Å². The molecule has 0 fully saturated rings. The third-order valence-corrected chi connectivity index (χ3v) is 3.07. The van der Waals surface area contributed by atoms with E-state index >= 15 is 0 Å². The molecule has 24 heavy (non-hydrogen) atoms. The van der Waals surface area contributed by atoms with Gasteiger partial charge in [0.05, 0.1) is 0 Å². The summed E-state index contributed by atoms with van der Waals surface area (Å²) < 4.78 is 5.12. The van der Waals surface area contributed by atoms with Crippen LogP contribution in [0.25, 0.3) is 0 Å². The number of carbonyl (C=O) groups excluding carboxylic acids is 4. The fraction of sp³-hybridized carbons (Fsp3) is 0.647. The zero-order valence-corrected chi connectivity index (χ0v) is 15.1. The lowest BCUT2D eigenvalue weighted by Crippen LogP contribution is -2.52. The highest BCUT2D eigenvalue weighted by molar-refractivity contribution is 6.15. The van der Waals surface area contributed by atoms with Crippen LogP contribution in [0.2, 0.25) is 0 Å². The molecule has 0 saturated heterocycles. The van der Waals surface area contributed by atoms with Crippen LogP contribution < -0.4 is 5.32 Å². The van der Waals surface area contributed by atoms with Crippen LogP contribution in [0, 0.1) is 5.41 Å². The summed E-state index contributed by atoms with van der Waals surface area (Å²) in [6.45, 7) is 10.6. The van der Waals surface area contributed by atoms with E-state index in [1.807, 2.05) is 20.8 Å². The lowest BCUT2D eigenvalue weighted by Gasteiger charge is -2.28. The number of hydrogen-bond donors (Lipinski definition) is 1. The third kappa shape index (κ3) is 6.14. The minimum absolute atomic E-state index is 0.171. The summed E-state index contributed by atoms with van der Waals surface area (Å²) in [6, 6.07) is -1.05. The van der Waals surface area contributed by atoms with Crippen LogP contribution in [0.15, 0.2) is 12.2 Å². The molecule has 134 valence electrons. The van der Waals surface area contributed by atoms with Gasteiger partial charge in [0.25, 0.3) is 11.8 Å². The molecule has 0 aromatic carbocycles. The zero-order valence-electron chi connectivity index (χ0n) is 15.1. The minimum atomic E-state index is -1.05. The fourth-order valence-corrected chi connectivity index (χ4v) is 2.20. The average Bonchev–Trinajstić information content (AvgIpc) is 2.66. The van der Waals surface area contributed by atoms with Gasteiger partial charge in [-0.1, -0.05) is 20.8 Å². The first-order valence-electron chi connectivity index (χ1n) is 7.85. The topological polar surface area (TPSA) is 92.8 Å². The first kappa shape index (κ1) is 19.9. The van der Waals surface area contributed by atoms with E-state index < -0.39 is 29.6 Å². The van der Waals surface area contributed by atoms with Gasteiger partial charge in [0.15, 0.2) is 5.78 Å². The van der Waals surface area contributed by atoms with E-state index in [9.17, 15) is 19.2 Å². The molecule has 1 rings (SSSR count). The van der Waals surface area contributed by atoms with Crippen molar-refractivity contribution in [3.63, 3.8) is 0 Å². The van der Waals surface area contributed by atoms with Gasteiger partial charge in [0.1, 0.15) is 11.6 Å². The Labute approximate surface area is 142 Å². The standard InChI is InChI=1S/C17H26N2O5/c1-16(2,3)9-12(20)11(19-13(21)7-8-14(19)22)10-18-15(23)24-17(4,5)6/h7-8,11H,9-10H2,1-6H3,(H,18,23). The van der Waals surface area contributed by atoms with E-state index in [1.165, 1.54) is 0 Å². The van der Waals surface area contributed by atoms with E-state index in [4.69, 9.17) is 4.74 Å². The van der Waals surface area contributed by atoms with Gasteiger partial charge in [-0.2, -0.15) is 0 Å². The fourth-order valence-electron chi connectivity index (χ4n) is 2.20. The third-order valence-electron chi connectivity index (χ3n) is 3.07. The van der Waals surface area contributed by atoms with Gasteiger partial charge >= 0.3 is 6.09 Å². The van der Waals surface area contributed by atoms with E-state index in [1.54, 1.807) is 20.8 Å². The summed E-state index contributed by atoms with van der Waals surface area (Å²) in [5.74, 6) is -1.40. The monoisotopic (exact) mass is 338 g/mol. The highest BCUT2D eigenvalue weighted by atomic mass is 16.6. The van der Waals surface area contributed by atoms with Gasteiger partial charge in [-0.25, -0.2) is 4.79 Å². The lowest BCUT2D eigenvalue weighted by atomic mass is 9.87. The van der Waals surface area contributed by atoms with Crippen molar-refractivity contribution in [1.29, 1.82) is 0 Å². The Morgan fingerprint density at radius 3 is 2.00 bits per heavy atom. The molecule has 1 unspecified atom stereocenters. The molecule has 0 aromatic rings. The molecule has 1 aliphatic heterocycles. The Hall–Kier alpha value is -2.18. The van der Waals surface area contributed by atoms with Crippen molar-refractivity contribution in [3.8, 4) is 0 Å². The van der Waals surface area contributed by atoms with E-state index in [0.29, 0.717) is 0 Å². The van der Waals surface area contributed by atoms with Crippen LogP contribution in [-0.2, 0) is 19.1 Å². The summed E-state index contributed by atoms with van der Waals surface area (Å²) in [4.78, 5) is 49.0. The molecule has 1 heterocycles. The van der Waals surface area contributed by atoms with Crippen molar-refractivity contribution in [2.24, 2.45) is 5.41 Å². The van der Waals surface area contributed by atoms with Gasteiger partial charge in [0.2, 0.25) is 0 Å². The molecule has 3 amide bonds.